The molecule has 1 aromatic heterocycles. The van der Waals surface area contributed by atoms with Crippen LogP contribution in [0.5, 0.6) is 0 Å². The molecule has 1 atom stereocenters. The van der Waals surface area contributed by atoms with Crippen molar-refractivity contribution in [3.8, 4) is 0 Å². The van der Waals surface area contributed by atoms with Crippen LogP contribution < -0.4 is 0 Å². The van der Waals surface area contributed by atoms with Gasteiger partial charge in [0.15, 0.2) is 0 Å². The van der Waals surface area contributed by atoms with Crippen LogP contribution in [0.15, 0.2) is 54.7 Å². The number of β-amino-alcohol motifs (C(OH)–C–C–N with tert-alkyl or cyclic N) is 1. The van der Waals surface area contributed by atoms with Crippen molar-refractivity contribution in [2.24, 2.45) is 0 Å². The van der Waals surface area contributed by atoms with E-state index in [0.717, 1.165) is 18.7 Å². The van der Waals surface area contributed by atoms with Gasteiger partial charge in [-0.3, -0.25) is 9.88 Å². The maximum atomic E-state index is 11.4. The van der Waals surface area contributed by atoms with Gasteiger partial charge in [-0.1, -0.05) is 36.4 Å². The fourth-order valence-electron chi connectivity index (χ4n) is 2.72. The van der Waals surface area contributed by atoms with E-state index in [1.54, 1.807) is 6.20 Å². The monoisotopic (exact) mass is 284 g/mol. The first-order chi connectivity index (χ1) is 10.3. The van der Waals surface area contributed by atoms with Gasteiger partial charge in [-0.05, 0) is 17.7 Å². The van der Waals surface area contributed by atoms with Crippen molar-refractivity contribution in [2.75, 3.05) is 32.8 Å². The highest BCUT2D eigenvalue weighted by molar-refractivity contribution is 5.32. The van der Waals surface area contributed by atoms with Crippen molar-refractivity contribution < 1.29 is 9.84 Å². The Balaban J connectivity index is 1.94. The van der Waals surface area contributed by atoms with Gasteiger partial charge >= 0.3 is 0 Å². The van der Waals surface area contributed by atoms with E-state index in [1.165, 1.54) is 0 Å². The Morgan fingerprint density at radius 3 is 2.43 bits per heavy atom. The summed E-state index contributed by atoms with van der Waals surface area (Å²) in [5.41, 5.74) is 0.456. The molecule has 110 valence electrons. The van der Waals surface area contributed by atoms with Crippen molar-refractivity contribution in [3.05, 3.63) is 66.0 Å². The molecule has 1 saturated heterocycles. The molecule has 0 spiro atoms. The molecule has 1 aromatic carbocycles. The maximum absolute atomic E-state index is 11.4. The molecule has 21 heavy (non-hydrogen) atoms. The number of rotatable bonds is 4. The molecule has 4 nitrogen and oxygen atoms in total. The summed E-state index contributed by atoms with van der Waals surface area (Å²) in [5.74, 6) is 0. The second-order valence-electron chi connectivity index (χ2n) is 5.33. The molecular weight excluding hydrogens is 264 g/mol. The van der Waals surface area contributed by atoms with Crippen LogP contribution in [-0.4, -0.2) is 47.8 Å². The number of aliphatic hydroxyl groups is 1. The third kappa shape index (κ3) is 3.13. The van der Waals surface area contributed by atoms with Crippen LogP contribution in [0, 0.1) is 0 Å². The topological polar surface area (TPSA) is 45.6 Å². The van der Waals surface area contributed by atoms with Gasteiger partial charge in [-0.15, -0.1) is 0 Å². The van der Waals surface area contributed by atoms with Crippen molar-refractivity contribution in [1.29, 1.82) is 0 Å². The molecule has 0 amide bonds. The Morgan fingerprint density at radius 2 is 1.76 bits per heavy atom. The van der Waals surface area contributed by atoms with Gasteiger partial charge in [-0.25, -0.2) is 0 Å². The van der Waals surface area contributed by atoms with E-state index < -0.39 is 5.60 Å². The van der Waals surface area contributed by atoms with Gasteiger partial charge in [0.25, 0.3) is 0 Å². The Labute approximate surface area is 125 Å². The number of benzene rings is 1. The van der Waals surface area contributed by atoms with Crippen molar-refractivity contribution in [2.45, 2.75) is 5.60 Å². The maximum Gasteiger partial charge on any atom is 0.144 e. The summed E-state index contributed by atoms with van der Waals surface area (Å²) in [6, 6.07) is 15.4. The molecule has 1 aliphatic rings. The Hall–Kier alpha value is -1.75. The molecule has 2 heterocycles. The van der Waals surface area contributed by atoms with Crippen LogP contribution >= 0.6 is 0 Å². The summed E-state index contributed by atoms with van der Waals surface area (Å²) in [6.45, 7) is 3.63. The molecule has 1 aliphatic heterocycles. The van der Waals surface area contributed by atoms with Crippen molar-refractivity contribution >= 4 is 0 Å². The molecule has 3 rings (SSSR count). The summed E-state index contributed by atoms with van der Waals surface area (Å²) < 4.78 is 5.39. The van der Waals surface area contributed by atoms with Crippen LogP contribution in [0.4, 0.5) is 0 Å². The van der Waals surface area contributed by atoms with Crippen molar-refractivity contribution in [3.63, 3.8) is 0 Å². The number of hydrogen-bond acceptors (Lipinski definition) is 4. The van der Waals surface area contributed by atoms with Gasteiger partial charge in [0, 0.05) is 25.8 Å². The van der Waals surface area contributed by atoms with Crippen LogP contribution in [-0.2, 0) is 10.3 Å². The van der Waals surface area contributed by atoms with Gasteiger partial charge in [-0.2, -0.15) is 0 Å². The fraction of sp³-hybridized carbons (Fsp3) is 0.353. The molecule has 0 radical (unpaired) electrons. The van der Waals surface area contributed by atoms with Crippen LogP contribution in [0.25, 0.3) is 0 Å². The molecule has 1 N–H and O–H groups in total. The van der Waals surface area contributed by atoms with Gasteiger partial charge < -0.3 is 9.84 Å². The average molecular weight is 284 g/mol. The fourth-order valence-corrected chi connectivity index (χ4v) is 2.72. The van der Waals surface area contributed by atoms with Crippen LogP contribution in [0.1, 0.15) is 11.3 Å². The molecule has 1 fully saturated rings. The largest absolute Gasteiger partial charge is 0.379 e. The Kier molecular flexibility index (Phi) is 4.29. The van der Waals surface area contributed by atoms with E-state index in [1.807, 2.05) is 48.5 Å². The van der Waals surface area contributed by atoms with Crippen LogP contribution in [0.2, 0.25) is 0 Å². The molecule has 2 aromatic rings. The molecule has 0 unspecified atom stereocenters. The summed E-state index contributed by atoms with van der Waals surface area (Å²) >= 11 is 0. The first-order valence-electron chi connectivity index (χ1n) is 7.28. The third-order valence-corrected chi connectivity index (χ3v) is 3.90. The van der Waals surface area contributed by atoms with Gasteiger partial charge in [0.2, 0.25) is 0 Å². The van der Waals surface area contributed by atoms with E-state index >= 15 is 0 Å². The molecule has 4 heteroatoms. The van der Waals surface area contributed by atoms with E-state index in [-0.39, 0.29) is 0 Å². The second-order valence-corrected chi connectivity index (χ2v) is 5.33. The lowest BCUT2D eigenvalue weighted by atomic mass is 9.89. The Morgan fingerprint density at radius 1 is 1.05 bits per heavy atom. The first kappa shape index (κ1) is 14.2. The number of pyridine rings is 1. The highest BCUT2D eigenvalue weighted by Crippen LogP contribution is 2.29. The van der Waals surface area contributed by atoms with Gasteiger partial charge in [0.05, 0.1) is 18.9 Å². The SMILES string of the molecule is O[C@](CN1CCOCC1)(c1ccccc1)c1ccccn1. The van der Waals surface area contributed by atoms with E-state index in [2.05, 4.69) is 9.88 Å². The van der Waals surface area contributed by atoms with Crippen LogP contribution in [0.3, 0.4) is 0 Å². The zero-order valence-electron chi connectivity index (χ0n) is 12.0. The van der Waals surface area contributed by atoms with Gasteiger partial charge in [0.1, 0.15) is 5.60 Å². The summed E-state index contributed by atoms with van der Waals surface area (Å²) in [7, 11) is 0. The molecular formula is C17H20N2O2. The lowest BCUT2D eigenvalue weighted by Gasteiger charge is -2.36. The standard InChI is InChI=1S/C17H20N2O2/c20-17(15-6-2-1-3-7-15,16-8-4-5-9-18-16)14-19-10-12-21-13-11-19/h1-9,20H,10-14H2/t17-/m1/s1. The lowest BCUT2D eigenvalue weighted by molar-refractivity contribution is -0.0165. The highest BCUT2D eigenvalue weighted by atomic mass is 16.5. The van der Waals surface area contributed by atoms with E-state index in [9.17, 15) is 5.11 Å². The number of ether oxygens (including phenoxy) is 1. The zero-order chi connectivity index (χ0) is 14.5. The molecule has 0 saturated carbocycles. The number of aromatic nitrogens is 1. The summed E-state index contributed by atoms with van der Waals surface area (Å²) in [4.78, 5) is 6.61. The third-order valence-electron chi connectivity index (χ3n) is 3.90. The molecule has 0 bridgehead atoms. The van der Waals surface area contributed by atoms with Crippen molar-refractivity contribution in [1.82, 2.24) is 9.88 Å². The highest BCUT2D eigenvalue weighted by Gasteiger charge is 2.35. The quantitative estimate of drug-likeness (QED) is 0.927. The second kappa shape index (κ2) is 6.35. The minimum atomic E-state index is -1.10. The van der Waals surface area contributed by atoms with E-state index in [0.29, 0.717) is 25.5 Å². The minimum absolute atomic E-state index is 0.525. The smallest absolute Gasteiger partial charge is 0.144 e. The number of morpholine rings is 1. The Bertz CT molecular complexity index is 514. The first-order valence-corrected chi connectivity index (χ1v) is 7.28. The predicted octanol–water partition coefficient (Wildman–Crippen LogP) is 1.65. The average Bonchev–Trinajstić information content (AvgIpc) is 2.57. The molecule has 0 aliphatic carbocycles. The zero-order valence-corrected chi connectivity index (χ0v) is 12.0. The summed E-state index contributed by atoms with van der Waals surface area (Å²) in [6.07, 6.45) is 1.72. The normalized spacial score (nSPS) is 19.1. The predicted molar refractivity (Wildman–Crippen MR) is 80.9 cm³/mol. The summed E-state index contributed by atoms with van der Waals surface area (Å²) in [5, 5.41) is 11.4. The van der Waals surface area contributed by atoms with E-state index in [4.69, 9.17) is 4.74 Å². The minimum Gasteiger partial charge on any atom is -0.379 e. The number of nitrogens with zero attached hydrogens (tertiary/aromatic N) is 2. The lowest BCUT2D eigenvalue weighted by Crippen LogP contribution is -2.46. The number of hydrogen-bond donors (Lipinski definition) is 1.